The zero-order valence-electron chi connectivity index (χ0n) is 9.71. The van der Waals surface area contributed by atoms with E-state index >= 15 is 0 Å². The molecule has 0 aromatic heterocycles. The van der Waals surface area contributed by atoms with E-state index in [-0.39, 0.29) is 17.9 Å². The van der Waals surface area contributed by atoms with E-state index in [9.17, 15) is 22.4 Å². The summed E-state index contributed by atoms with van der Waals surface area (Å²) in [6.07, 6.45) is -4.93. The predicted octanol–water partition coefficient (Wildman–Crippen LogP) is 2.36. The summed E-state index contributed by atoms with van der Waals surface area (Å²) < 4.78 is 54.3. The molecule has 0 aliphatic heterocycles. The number of halogens is 4. The van der Waals surface area contributed by atoms with Gasteiger partial charge in [0.15, 0.2) is 11.6 Å². The van der Waals surface area contributed by atoms with E-state index in [1.807, 2.05) is 0 Å². The summed E-state index contributed by atoms with van der Waals surface area (Å²) in [6, 6.07) is 3.71. The average molecular weight is 265 g/mol. The Hall–Kier alpha value is -1.79. The van der Waals surface area contributed by atoms with Crippen LogP contribution in [0.15, 0.2) is 18.2 Å². The van der Waals surface area contributed by atoms with Gasteiger partial charge in [-0.2, -0.15) is 13.2 Å². The molecule has 0 saturated carbocycles. The van der Waals surface area contributed by atoms with Gasteiger partial charge in [-0.15, -0.1) is 0 Å². The highest BCUT2D eigenvalue weighted by Crippen LogP contribution is 2.21. The molecule has 0 aliphatic rings. The first-order valence-electron chi connectivity index (χ1n) is 4.90. The highest BCUT2D eigenvalue weighted by atomic mass is 19.4. The Morgan fingerprint density at radius 3 is 2.44 bits per heavy atom. The molecule has 1 aromatic carbocycles. The van der Waals surface area contributed by atoms with Crippen molar-refractivity contribution in [1.82, 2.24) is 4.90 Å². The molecule has 1 rings (SSSR count). The highest BCUT2D eigenvalue weighted by Gasteiger charge is 2.41. The molecule has 0 heterocycles. The minimum Gasteiger partial charge on any atom is -0.494 e. The SMILES string of the molecule is COc1ccc(CN(C)C(=O)C(F)(F)F)cc1F. The molecule has 0 bridgehead atoms. The number of methoxy groups -OCH3 is 1. The minimum absolute atomic E-state index is 0.0106. The lowest BCUT2D eigenvalue weighted by Crippen LogP contribution is -2.37. The molecule has 0 N–H and O–H groups in total. The number of carbonyl (C=O) groups excluding carboxylic acids is 1. The van der Waals surface area contributed by atoms with Crippen LogP contribution in [0.25, 0.3) is 0 Å². The standard InChI is InChI=1S/C11H11F4NO2/c1-16(10(17)11(13,14)15)6-7-3-4-9(18-2)8(12)5-7/h3-5H,6H2,1-2H3. The van der Waals surface area contributed by atoms with Crippen LogP contribution in [0.1, 0.15) is 5.56 Å². The number of hydrogen-bond acceptors (Lipinski definition) is 2. The average Bonchev–Trinajstić information content (AvgIpc) is 2.27. The molecule has 1 aromatic rings. The fourth-order valence-corrected chi connectivity index (χ4v) is 1.37. The van der Waals surface area contributed by atoms with Crippen molar-refractivity contribution in [2.45, 2.75) is 12.7 Å². The Kier molecular flexibility index (Phi) is 4.15. The van der Waals surface area contributed by atoms with Gasteiger partial charge >= 0.3 is 12.1 Å². The van der Waals surface area contributed by atoms with Crippen LogP contribution in [0.3, 0.4) is 0 Å². The number of hydrogen-bond donors (Lipinski definition) is 0. The second-order valence-electron chi connectivity index (χ2n) is 3.63. The van der Waals surface area contributed by atoms with Gasteiger partial charge in [0.2, 0.25) is 0 Å². The Morgan fingerprint density at radius 2 is 2.00 bits per heavy atom. The van der Waals surface area contributed by atoms with Crippen molar-refractivity contribution in [1.29, 1.82) is 0 Å². The molecule has 0 unspecified atom stereocenters. The third-order valence-electron chi connectivity index (χ3n) is 2.23. The molecule has 0 spiro atoms. The van der Waals surface area contributed by atoms with Crippen LogP contribution in [0, 0.1) is 5.82 Å². The van der Waals surface area contributed by atoms with Crippen molar-refractivity contribution in [2.24, 2.45) is 0 Å². The maximum absolute atomic E-state index is 13.3. The number of ether oxygens (including phenoxy) is 1. The second kappa shape index (κ2) is 5.24. The van der Waals surface area contributed by atoms with Crippen LogP contribution >= 0.6 is 0 Å². The molecule has 7 heteroatoms. The van der Waals surface area contributed by atoms with Crippen molar-refractivity contribution in [3.63, 3.8) is 0 Å². The van der Waals surface area contributed by atoms with Gasteiger partial charge in [0, 0.05) is 13.6 Å². The van der Waals surface area contributed by atoms with E-state index in [1.165, 1.54) is 19.2 Å². The topological polar surface area (TPSA) is 29.5 Å². The van der Waals surface area contributed by atoms with Gasteiger partial charge in [-0.1, -0.05) is 6.07 Å². The minimum atomic E-state index is -4.93. The molecule has 0 saturated heterocycles. The monoisotopic (exact) mass is 265 g/mol. The highest BCUT2D eigenvalue weighted by molar-refractivity contribution is 5.81. The fraction of sp³-hybridized carbons (Fsp3) is 0.364. The molecular weight excluding hydrogens is 254 g/mol. The molecular formula is C11H11F4NO2. The predicted molar refractivity (Wildman–Crippen MR) is 55.5 cm³/mol. The second-order valence-corrected chi connectivity index (χ2v) is 3.63. The number of rotatable bonds is 3. The van der Waals surface area contributed by atoms with Gasteiger partial charge in [0.25, 0.3) is 0 Å². The van der Waals surface area contributed by atoms with Crippen LogP contribution in [0.2, 0.25) is 0 Å². The molecule has 1 amide bonds. The maximum atomic E-state index is 13.3. The molecule has 0 fully saturated rings. The smallest absolute Gasteiger partial charge is 0.471 e. The van der Waals surface area contributed by atoms with E-state index < -0.39 is 17.9 Å². The van der Waals surface area contributed by atoms with Gasteiger partial charge in [0.1, 0.15) is 0 Å². The zero-order chi connectivity index (χ0) is 13.9. The van der Waals surface area contributed by atoms with Gasteiger partial charge in [-0.25, -0.2) is 4.39 Å². The lowest BCUT2D eigenvalue weighted by atomic mass is 10.2. The molecule has 18 heavy (non-hydrogen) atoms. The van der Waals surface area contributed by atoms with Gasteiger partial charge in [-0.05, 0) is 17.7 Å². The Bertz CT molecular complexity index is 445. The van der Waals surface area contributed by atoms with E-state index in [2.05, 4.69) is 4.74 Å². The number of alkyl halides is 3. The summed E-state index contributed by atoms with van der Waals surface area (Å²) in [5.41, 5.74) is 0.244. The van der Waals surface area contributed by atoms with E-state index in [0.29, 0.717) is 4.90 Å². The van der Waals surface area contributed by atoms with E-state index in [4.69, 9.17) is 0 Å². The molecule has 3 nitrogen and oxygen atoms in total. The number of nitrogens with zero attached hydrogens (tertiary/aromatic N) is 1. The molecule has 0 atom stereocenters. The van der Waals surface area contributed by atoms with Crippen LogP contribution in [0.4, 0.5) is 17.6 Å². The third kappa shape index (κ3) is 3.35. The summed E-state index contributed by atoms with van der Waals surface area (Å²) in [7, 11) is 2.27. The van der Waals surface area contributed by atoms with E-state index in [0.717, 1.165) is 13.1 Å². The summed E-state index contributed by atoms with van der Waals surface area (Å²) in [5.74, 6) is -2.68. The first-order valence-corrected chi connectivity index (χ1v) is 4.90. The van der Waals surface area contributed by atoms with Crippen molar-refractivity contribution < 1.29 is 27.1 Å². The van der Waals surface area contributed by atoms with Gasteiger partial charge in [0.05, 0.1) is 7.11 Å². The van der Waals surface area contributed by atoms with E-state index in [1.54, 1.807) is 0 Å². The number of benzene rings is 1. The van der Waals surface area contributed by atoms with Crippen molar-refractivity contribution >= 4 is 5.91 Å². The van der Waals surface area contributed by atoms with Crippen LogP contribution in [-0.2, 0) is 11.3 Å². The molecule has 0 radical (unpaired) electrons. The summed E-state index contributed by atoms with van der Waals surface area (Å²) >= 11 is 0. The summed E-state index contributed by atoms with van der Waals surface area (Å²) in [4.78, 5) is 11.3. The Morgan fingerprint density at radius 1 is 1.39 bits per heavy atom. The molecule has 0 aliphatic carbocycles. The Labute approximate surface area is 101 Å². The maximum Gasteiger partial charge on any atom is 0.471 e. The fourth-order valence-electron chi connectivity index (χ4n) is 1.37. The first-order chi connectivity index (χ1) is 8.25. The van der Waals surface area contributed by atoms with Gasteiger partial charge in [-0.3, -0.25) is 4.79 Å². The zero-order valence-corrected chi connectivity index (χ0v) is 9.71. The summed E-state index contributed by atoms with van der Waals surface area (Å²) in [5, 5.41) is 0. The van der Waals surface area contributed by atoms with Crippen molar-refractivity contribution in [3.8, 4) is 5.75 Å². The van der Waals surface area contributed by atoms with Gasteiger partial charge < -0.3 is 9.64 Å². The largest absolute Gasteiger partial charge is 0.494 e. The quantitative estimate of drug-likeness (QED) is 0.785. The van der Waals surface area contributed by atoms with Crippen LogP contribution in [0.5, 0.6) is 5.75 Å². The normalized spacial score (nSPS) is 11.2. The first kappa shape index (κ1) is 14.3. The number of amides is 1. The third-order valence-corrected chi connectivity index (χ3v) is 2.23. The van der Waals surface area contributed by atoms with Crippen LogP contribution in [-0.4, -0.2) is 31.1 Å². The molecule has 100 valence electrons. The lowest BCUT2D eigenvalue weighted by Gasteiger charge is -2.18. The number of carbonyl (C=O) groups is 1. The van der Waals surface area contributed by atoms with Crippen molar-refractivity contribution in [3.05, 3.63) is 29.6 Å². The summed E-state index contributed by atoms with van der Waals surface area (Å²) in [6.45, 7) is -0.334. The lowest BCUT2D eigenvalue weighted by molar-refractivity contribution is -0.184. The Balaban J connectivity index is 2.80. The van der Waals surface area contributed by atoms with Crippen molar-refractivity contribution in [2.75, 3.05) is 14.2 Å². The van der Waals surface area contributed by atoms with Crippen LogP contribution < -0.4 is 4.74 Å².